The summed E-state index contributed by atoms with van der Waals surface area (Å²) in [6, 6.07) is 6.92. The van der Waals surface area contributed by atoms with E-state index in [9.17, 15) is 68.1 Å². The molecular formula is C64H100N4O21. The van der Waals surface area contributed by atoms with Crippen LogP contribution in [0, 0.1) is 65.1 Å². The normalized spacial score (nSPS) is 20.1. The van der Waals surface area contributed by atoms with Gasteiger partial charge in [-0.05, 0) is 108 Å². The molecule has 4 amide bonds. The Morgan fingerprint density at radius 1 is 0.584 bits per heavy atom. The van der Waals surface area contributed by atoms with Gasteiger partial charge in [0.1, 0.15) is 6.61 Å². The number of aliphatic carboxylic acids is 3. The van der Waals surface area contributed by atoms with Crippen LogP contribution in [0.5, 0.6) is 0 Å². The van der Waals surface area contributed by atoms with E-state index < -0.39 is 155 Å². The second-order valence-electron chi connectivity index (χ2n) is 23.5. The first-order chi connectivity index (χ1) is 42.4. The standard InChI is InChI=1S/C64H100N4O21/c1-13-18-30-65-55(70)52(44(59(75)76)28-29-49(85-11)53(64(82)87-17-5)45(60(77)78)27-25-41(83-9)34-46-37(6)61(79)89-62(46)80)50(86-12)36-48-47(56(71)68(57(48)72)32-19-14-2)35-42(84-10)24-26-43(58(73)74)51(38(15-3)16-4)63(81)88-33-31-66-54(69)39-20-22-40(23-21-39)67(7)8/h20-23,37-38,41-53H,13-19,24-36H2,1-12H3,(H,65,70)(H,66,69)(H,73,74)(H,75,76)(H,77,78). The predicted molar refractivity (Wildman–Crippen MR) is 324 cm³/mol. The van der Waals surface area contributed by atoms with E-state index in [1.807, 2.05) is 46.7 Å². The number of amides is 4. The number of esters is 4. The van der Waals surface area contributed by atoms with Gasteiger partial charge in [0.25, 0.3) is 5.91 Å². The van der Waals surface area contributed by atoms with Crippen molar-refractivity contribution in [1.82, 2.24) is 15.5 Å². The van der Waals surface area contributed by atoms with Crippen molar-refractivity contribution in [2.75, 3.05) is 80.3 Å². The molecule has 25 nitrogen and oxygen atoms in total. The van der Waals surface area contributed by atoms with Crippen LogP contribution in [-0.2, 0) is 81.1 Å². The summed E-state index contributed by atoms with van der Waals surface area (Å²) in [5.41, 5.74) is 1.30. The van der Waals surface area contributed by atoms with Gasteiger partial charge in [-0.2, -0.15) is 0 Å². The molecule has 89 heavy (non-hydrogen) atoms. The molecule has 2 fully saturated rings. The lowest BCUT2D eigenvalue weighted by Gasteiger charge is -2.34. The first-order valence-electron chi connectivity index (χ1n) is 31.4. The number of rotatable bonds is 45. The Morgan fingerprint density at radius 3 is 1.56 bits per heavy atom. The van der Waals surface area contributed by atoms with Crippen molar-refractivity contribution in [3.8, 4) is 0 Å². The number of hydrogen-bond donors (Lipinski definition) is 5. The van der Waals surface area contributed by atoms with E-state index in [2.05, 4.69) is 10.6 Å². The summed E-state index contributed by atoms with van der Waals surface area (Å²) in [5.74, 6) is -22.4. The monoisotopic (exact) mass is 1260 g/mol. The average Bonchev–Trinajstić information content (AvgIpc) is 2.12. The summed E-state index contributed by atoms with van der Waals surface area (Å²) in [6.45, 7) is 10.3. The molecule has 1 aromatic carbocycles. The molecular weight excluding hydrogens is 1160 g/mol. The van der Waals surface area contributed by atoms with Crippen LogP contribution in [0.4, 0.5) is 5.69 Å². The lowest BCUT2D eigenvalue weighted by atomic mass is 9.75. The van der Waals surface area contributed by atoms with E-state index in [0.29, 0.717) is 44.1 Å². The number of unbranched alkanes of at least 4 members (excludes halogenated alkanes) is 2. The van der Waals surface area contributed by atoms with Crippen LogP contribution in [0.15, 0.2) is 24.3 Å². The number of likely N-dealkylation sites (tertiary alicyclic amines) is 1. The quantitative estimate of drug-likeness (QED) is 0.0159. The third-order valence-corrected chi connectivity index (χ3v) is 17.9. The number of imide groups is 1. The molecule has 1 aromatic rings. The van der Waals surface area contributed by atoms with E-state index in [4.69, 9.17) is 33.2 Å². The Kier molecular flexibility index (Phi) is 33.5. The van der Waals surface area contributed by atoms with Gasteiger partial charge in [0.05, 0.1) is 96.7 Å². The Bertz CT molecular complexity index is 2490. The van der Waals surface area contributed by atoms with Crippen LogP contribution >= 0.6 is 0 Å². The van der Waals surface area contributed by atoms with Crippen molar-refractivity contribution in [2.45, 2.75) is 162 Å². The fraction of sp³-hybridized carbons (Fsp3) is 0.734. The smallest absolute Gasteiger partial charge is 0.317 e. The Morgan fingerprint density at radius 2 is 1.09 bits per heavy atom. The fourth-order valence-electron chi connectivity index (χ4n) is 12.5. The van der Waals surface area contributed by atoms with Gasteiger partial charge in [-0.15, -0.1) is 0 Å². The summed E-state index contributed by atoms with van der Waals surface area (Å²) in [7, 11) is 8.96. The number of cyclic esters (lactones) is 2. The summed E-state index contributed by atoms with van der Waals surface area (Å²) in [6.07, 6.45) is -2.58. The highest BCUT2D eigenvalue weighted by atomic mass is 16.6. The number of carboxylic acid groups (broad SMARTS) is 3. The highest BCUT2D eigenvalue weighted by Gasteiger charge is 2.52. The molecule has 2 aliphatic heterocycles. The molecule has 14 atom stereocenters. The number of benzene rings is 1. The second-order valence-corrected chi connectivity index (χ2v) is 23.5. The molecule has 0 spiro atoms. The predicted octanol–water partition coefficient (Wildman–Crippen LogP) is 6.20. The second kappa shape index (κ2) is 38.9. The maximum atomic E-state index is 14.7. The van der Waals surface area contributed by atoms with Crippen molar-refractivity contribution in [2.24, 2.45) is 65.1 Å². The summed E-state index contributed by atoms with van der Waals surface area (Å²) < 4.78 is 39.2. The molecule has 3 rings (SSSR count). The number of nitrogens with one attached hydrogen (secondary N) is 2. The zero-order valence-corrected chi connectivity index (χ0v) is 54.2. The molecule has 0 aliphatic carbocycles. The first-order valence-corrected chi connectivity index (χ1v) is 31.4. The van der Waals surface area contributed by atoms with E-state index >= 15 is 0 Å². The highest BCUT2D eigenvalue weighted by molar-refractivity contribution is 6.05. The molecule has 2 saturated heterocycles. The molecule has 2 heterocycles. The third-order valence-electron chi connectivity index (χ3n) is 17.9. The van der Waals surface area contributed by atoms with Gasteiger partial charge in [0.15, 0.2) is 0 Å². The number of nitrogens with zero attached hydrogens (tertiary/aromatic N) is 2. The summed E-state index contributed by atoms with van der Waals surface area (Å²) in [4.78, 5) is 152. The number of anilines is 1. The lowest BCUT2D eigenvalue weighted by Crippen LogP contribution is -2.47. The number of hydrogen-bond acceptors (Lipinski definition) is 19. The molecule has 0 bridgehead atoms. The van der Waals surface area contributed by atoms with Crippen LogP contribution in [-0.4, -0.2) is 185 Å². The van der Waals surface area contributed by atoms with Crippen molar-refractivity contribution >= 4 is 71.1 Å². The van der Waals surface area contributed by atoms with Gasteiger partial charge >= 0.3 is 41.8 Å². The molecule has 5 N–H and O–H groups in total. The number of methoxy groups -OCH3 is 4. The van der Waals surface area contributed by atoms with Crippen LogP contribution < -0.4 is 15.5 Å². The Labute approximate surface area is 523 Å². The minimum atomic E-state index is -1.62. The van der Waals surface area contributed by atoms with Crippen LogP contribution in [0.3, 0.4) is 0 Å². The van der Waals surface area contributed by atoms with Crippen molar-refractivity contribution in [3.63, 3.8) is 0 Å². The highest BCUT2D eigenvalue weighted by Crippen LogP contribution is 2.41. The number of carbonyl (C=O) groups excluding carboxylic acids is 8. The molecule has 14 unspecified atom stereocenters. The minimum absolute atomic E-state index is 0.000691. The maximum absolute atomic E-state index is 14.7. The number of carbonyl (C=O) groups is 11. The maximum Gasteiger partial charge on any atom is 0.317 e. The van der Waals surface area contributed by atoms with E-state index in [1.54, 1.807) is 24.3 Å². The SMILES string of the molecule is CCCCNC(=O)C(C(CC1C(=O)N(CCCC)C(=O)C1CC(CCC(C(=O)O)C(C(=O)OCCNC(=O)c1ccc(N(C)C)cc1)C(CC)CC)OC)OC)C(CCC(OC)C(C(=O)OCC)C(CCC(CC1C(=O)OC(=O)C1C)OC)C(=O)O)C(=O)O. The number of carboxylic acids is 3. The Hall–Kier alpha value is -6.57. The van der Waals surface area contributed by atoms with E-state index in [1.165, 1.54) is 42.3 Å². The topological polar surface area (TPSA) is 344 Å². The van der Waals surface area contributed by atoms with Crippen LogP contribution in [0.2, 0.25) is 0 Å². The van der Waals surface area contributed by atoms with Crippen LogP contribution in [0.1, 0.15) is 148 Å². The van der Waals surface area contributed by atoms with Gasteiger partial charge in [-0.25, -0.2) is 0 Å². The van der Waals surface area contributed by atoms with E-state index in [0.717, 1.165) is 10.6 Å². The molecule has 502 valence electrons. The minimum Gasteiger partial charge on any atom is -0.481 e. The van der Waals surface area contributed by atoms with Gasteiger partial charge < -0.3 is 64.0 Å². The zero-order valence-electron chi connectivity index (χ0n) is 54.2. The molecule has 0 radical (unpaired) electrons. The van der Waals surface area contributed by atoms with Gasteiger partial charge in [-0.3, -0.25) is 57.6 Å². The third kappa shape index (κ3) is 21.8. The number of ether oxygens (including phenoxy) is 7. The van der Waals surface area contributed by atoms with E-state index in [-0.39, 0.29) is 90.1 Å². The van der Waals surface area contributed by atoms with Gasteiger partial charge in [0.2, 0.25) is 17.7 Å². The molecule has 0 aromatic heterocycles. The van der Waals surface area contributed by atoms with Crippen molar-refractivity contribution in [1.29, 1.82) is 0 Å². The molecule has 25 heteroatoms. The van der Waals surface area contributed by atoms with Crippen molar-refractivity contribution < 1.29 is 101 Å². The average molecular weight is 1260 g/mol. The summed E-state index contributed by atoms with van der Waals surface area (Å²) in [5, 5.41) is 38.1. The van der Waals surface area contributed by atoms with Crippen molar-refractivity contribution in [3.05, 3.63) is 29.8 Å². The van der Waals surface area contributed by atoms with Gasteiger partial charge in [-0.1, -0.05) is 60.3 Å². The zero-order chi connectivity index (χ0) is 66.7. The molecule has 0 saturated carbocycles. The largest absolute Gasteiger partial charge is 0.481 e. The lowest BCUT2D eigenvalue weighted by molar-refractivity contribution is -0.165. The fourth-order valence-corrected chi connectivity index (χ4v) is 12.5. The van der Waals surface area contributed by atoms with Crippen LogP contribution in [0.25, 0.3) is 0 Å². The molecule has 2 aliphatic rings. The summed E-state index contributed by atoms with van der Waals surface area (Å²) >= 11 is 0. The van der Waals surface area contributed by atoms with Gasteiger partial charge in [0, 0.05) is 66.9 Å². The Balaban J connectivity index is 1.98. The first kappa shape index (κ1) is 76.7.